The number of benzene rings is 1. The molecule has 4 heteroatoms. The molecule has 1 aliphatic heterocycles. The van der Waals surface area contributed by atoms with E-state index in [-0.39, 0.29) is 0 Å². The summed E-state index contributed by atoms with van der Waals surface area (Å²) in [5.41, 5.74) is 1.44. The largest absolute Gasteiger partial charge is 0.384 e. The Balaban J connectivity index is 2.02. The molecule has 96 valence electrons. The molecule has 0 amide bonds. The number of nitrogens with one attached hydrogen (secondary N) is 1. The van der Waals surface area contributed by atoms with Crippen molar-refractivity contribution in [1.82, 2.24) is 0 Å². The minimum Gasteiger partial charge on any atom is -0.384 e. The summed E-state index contributed by atoms with van der Waals surface area (Å²) < 4.78 is 5.65. The van der Waals surface area contributed by atoms with Gasteiger partial charge in [0.25, 0.3) is 0 Å². The summed E-state index contributed by atoms with van der Waals surface area (Å²) in [6, 6.07) is 7.45. The van der Waals surface area contributed by atoms with Crippen LogP contribution >= 0.6 is 11.6 Å². The fraction of sp³-hybridized carbons (Fsp3) is 0.500. The molecule has 0 aliphatic carbocycles. The van der Waals surface area contributed by atoms with E-state index in [2.05, 4.69) is 18.3 Å². The highest BCUT2D eigenvalue weighted by atomic mass is 35.5. The first-order chi connectivity index (χ1) is 8.74. The van der Waals surface area contributed by atoms with Crippen LogP contribution in [0.3, 0.4) is 0 Å². The van der Waals surface area contributed by atoms with Gasteiger partial charge in [0.05, 0.1) is 17.4 Å². The van der Waals surface area contributed by atoms with Crippen LogP contribution in [-0.2, 0) is 4.74 Å². The number of hydrogen-bond donors (Lipinski definition) is 1. The van der Waals surface area contributed by atoms with Gasteiger partial charge in [-0.25, -0.2) is 0 Å². The Kier molecular flexibility index (Phi) is 4.46. The third-order valence-electron chi connectivity index (χ3n) is 3.41. The van der Waals surface area contributed by atoms with E-state index in [1.807, 2.05) is 0 Å². The average Bonchev–Trinajstić information content (AvgIpc) is 2.84. The van der Waals surface area contributed by atoms with Crippen LogP contribution in [0.1, 0.15) is 25.3 Å². The van der Waals surface area contributed by atoms with Crippen molar-refractivity contribution in [2.24, 2.45) is 5.92 Å². The Morgan fingerprint density at radius 2 is 2.39 bits per heavy atom. The molecule has 0 radical (unpaired) electrons. The molecule has 1 aromatic carbocycles. The van der Waals surface area contributed by atoms with Crippen LogP contribution in [0.15, 0.2) is 18.2 Å². The van der Waals surface area contributed by atoms with Crippen molar-refractivity contribution in [2.75, 3.05) is 18.5 Å². The van der Waals surface area contributed by atoms with Gasteiger partial charge in [0.2, 0.25) is 0 Å². The van der Waals surface area contributed by atoms with Crippen molar-refractivity contribution < 1.29 is 4.74 Å². The Morgan fingerprint density at radius 3 is 3.11 bits per heavy atom. The van der Waals surface area contributed by atoms with E-state index in [4.69, 9.17) is 21.6 Å². The zero-order valence-corrected chi connectivity index (χ0v) is 11.2. The zero-order chi connectivity index (χ0) is 13.0. The highest BCUT2D eigenvalue weighted by Crippen LogP contribution is 2.25. The molecular weight excluding hydrogens is 248 g/mol. The third-order valence-corrected chi connectivity index (χ3v) is 3.64. The second-order valence-electron chi connectivity index (χ2n) is 4.55. The lowest BCUT2D eigenvalue weighted by Gasteiger charge is -2.18. The first-order valence-electron chi connectivity index (χ1n) is 6.29. The fourth-order valence-corrected chi connectivity index (χ4v) is 2.55. The molecule has 2 atom stereocenters. The molecule has 18 heavy (non-hydrogen) atoms. The second kappa shape index (κ2) is 6.08. The predicted molar refractivity (Wildman–Crippen MR) is 72.8 cm³/mol. The van der Waals surface area contributed by atoms with Crippen molar-refractivity contribution in [3.63, 3.8) is 0 Å². The Labute approximate surface area is 113 Å². The molecule has 0 aromatic heterocycles. The number of nitriles is 1. The van der Waals surface area contributed by atoms with E-state index < -0.39 is 0 Å². The number of halogens is 1. The molecule has 0 spiro atoms. The molecule has 2 rings (SSSR count). The topological polar surface area (TPSA) is 45.0 Å². The summed E-state index contributed by atoms with van der Waals surface area (Å²) in [6.07, 6.45) is 2.45. The zero-order valence-electron chi connectivity index (χ0n) is 10.4. The molecule has 1 fully saturated rings. The van der Waals surface area contributed by atoms with Gasteiger partial charge in [0.1, 0.15) is 6.07 Å². The van der Waals surface area contributed by atoms with Crippen molar-refractivity contribution in [1.29, 1.82) is 5.26 Å². The van der Waals surface area contributed by atoms with Gasteiger partial charge in [-0.3, -0.25) is 0 Å². The van der Waals surface area contributed by atoms with Gasteiger partial charge in [0.15, 0.2) is 0 Å². The minimum absolute atomic E-state index is 0.335. The van der Waals surface area contributed by atoms with Crippen LogP contribution in [0, 0.1) is 17.2 Å². The Morgan fingerprint density at radius 1 is 1.56 bits per heavy atom. The van der Waals surface area contributed by atoms with Crippen LogP contribution in [0.5, 0.6) is 0 Å². The van der Waals surface area contributed by atoms with Gasteiger partial charge >= 0.3 is 0 Å². The fourth-order valence-electron chi connectivity index (χ4n) is 2.38. The summed E-state index contributed by atoms with van der Waals surface area (Å²) in [4.78, 5) is 0. The van der Waals surface area contributed by atoms with Crippen LogP contribution in [0.2, 0.25) is 5.02 Å². The molecule has 0 saturated carbocycles. The Bertz CT molecular complexity index is 456. The van der Waals surface area contributed by atoms with E-state index in [1.54, 1.807) is 18.2 Å². The van der Waals surface area contributed by atoms with Crippen molar-refractivity contribution in [2.45, 2.75) is 25.9 Å². The molecule has 1 heterocycles. The van der Waals surface area contributed by atoms with E-state index >= 15 is 0 Å². The summed E-state index contributed by atoms with van der Waals surface area (Å²) in [5, 5.41) is 13.0. The lowest BCUT2D eigenvalue weighted by molar-refractivity contribution is 0.0900. The van der Waals surface area contributed by atoms with Gasteiger partial charge in [-0.05, 0) is 31.0 Å². The maximum Gasteiger partial charge on any atom is 0.101 e. The number of nitrogens with zero attached hydrogens (tertiary/aromatic N) is 1. The summed E-state index contributed by atoms with van der Waals surface area (Å²) >= 11 is 5.95. The smallest absolute Gasteiger partial charge is 0.101 e. The number of ether oxygens (including phenoxy) is 1. The molecule has 0 bridgehead atoms. The van der Waals surface area contributed by atoms with Crippen LogP contribution in [0.25, 0.3) is 0 Å². The van der Waals surface area contributed by atoms with Crippen molar-refractivity contribution in [3.8, 4) is 6.07 Å². The second-order valence-corrected chi connectivity index (χ2v) is 4.99. The normalized spacial score (nSPS) is 22.7. The summed E-state index contributed by atoms with van der Waals surface area (Å²) in [7, 11) is 0. The first kappa shape index (κ1) is 13.2. The van der Waals surface area contributed by atoms with E-state index in [1.165, 1.54) is 0 Å². The third kappa shape index (κ3) is 2.95. The quantitative estimate of drug-likeness (QED) is 0.906. The highest BCUT2D eigenvalue weighted by molar-refractivity contribution is 6.30. The average molecular weight is 265 g/mol. The maximum absolute atomic E-state index is 9.04. The number of rotatable bonds is 4. The van der Waals surface area contributed by atoms with Crippen molar-refractivity contribution >= 4 is 17.3 Å². The van der Waals surface area contributed by atoms with Gasteiger partial charge in [-0.1, -0.05) is 18.5 Å². The molecule has 2 unspecified atom stereocenters. The maximum atomic E-state index is 9.04. The van der Waals surface area contributed by atoms with E-state index in [9.17, 15) is 0 Å². The molecule has 1 saturated heterocycles. The lowest BCUT2D eigenvalue weighted by Crippen LogP contribution is -2.23. The van der Waals surface area contributed by atoms with Crippen molar-refractivity contribution in [3.05, 3.63) is 28.8 Å². The monoisotopic (exact) mass is 264 g/mol. The predicted octanol–water partition coefficient (Wildman–Crippen LogP) is 3.44. The van der Waals surface area contributed by atoms with Gasteiger partial charge in [-0.15, -0.1) is 0 Å². The van der Waals surface area contributed by atoms with E-state index in [0.717, 1.165) is 31.7 Å². The molecule has 3 nitrogen and oxygen atoms in total. The summed E-state index contributed by atoms with van der Waals surface area (Å²) in [5.74, 6) is 0.514. The lowest BCUT2D eigenvalue weighted by atomic mass is 9.99. The SMILES string of the molecule is CCC1OCCC1CNc1cc(Cl)ccc1C#N. The Hall–Kier alpha value is -1.24. The highest BCUT2D eigenvalue weighted by Gasteiger charge is 2.26. The molecule has 1 aromatic rings. The molecular formula is C14H17ClN2O. The van der Waals surface area contributed by atoms with Gasteiger partial charge in [-0.2, -0.15) is 5.26 Å². The van der Waals surface area contributed by atoms with E-state index in [0.29, 0.717) is 22.6 Å². The van der Waals surface area contributed by atoms with Crippen LogP contribution in [-0.4, -0.2) is 19.3 Å². The number of hydrogen-bond acceptors (Lipinski definition) is 3. The molecule has 1 N–H and O–H groups in total. The first-order valence-corrected chi connectivity index (χ1v) is 6.67. The standard InChI is InChI=1S/C14H17ClN2O/c1-2-14-11(5-6-18-14)9-17-13-7-12(15)4-3-10(13)8-16/h3-4,7,11,14,17H,2,5-6,9H2,1H3. The van der Waals surface area contributed by atoms with Crippen LogP contribution < -0.4 is 5.32 Å². The van der Waals surface area contributed by atoms with Gasteiger partial charge in [0, 0.05) is 24.1 Å². The number of anilines is 1. The van der Waals surface area contributed by atoms with Gasteiger partial charge < -0.3 is 10.1 Å². The van der Waals surface area contributed by atoms with Crippen LogP contribution in [0.4, 0.5) is 5.69 Å². The summed E-state index contributed by atoms with van der Waals surface area (Å²) in [6.45, 7) is 3.81. The molecule has 1 aliphatic rings. The minimum atomic E-state index is 0.335.